The summed E-state index contributed by atoms with van der Waals surface area (Å²) in [6, 6.07) is 6.83. The smallest absolute Gasteiger partial charge is 0.354 e. The van der Waals surface area contributed by atoms with Gasteiger partial charge in [-0.2, -0.15) is 5.10 Å². The maximum Gasteiger partial charge on any atom is 0.354 e. The van der Waals surface area contributed by atoms with E-state index in [1.807, 2.05) is 0 Å². The van der Waals surface area contributed by atoms with E-state index < -0.39 is 5.97 Å². The lowest BCUT2D eigenvalue weighted by Crippen LogP contribution is -2.08. The van der Waals surface area contributed by atoms with Crippen LogP contribution >= 0.6 is 11.6 Å². The van der Waals surface area contributed by atoms with Crippen molar-refractivity contribution in [1.29, 1.82) is 0 Å². The van der Waals surface area contributed by atoms with Crippen molar-refractivity contribution < 1.29 is 9.90 Å². The number of benzene rings is 1. The average molecular weight is 250 g/mol. The molecule has 0 radical (unpaired) electrons. The minimum Gasteiger partial charge on any atom is -0.477 e. The van der Waals surface area contributed by atoms with E-state index in [4.69, 9.17) is 16.7 Å². The van der Waals surface area contributed by atoms with Crippen LogP contribution in [0.15, 0.2) is 36.9 Å². The number of aromatic nitrogens is 3. The summed E-state index contributed by atoms with van der Waals surface area (Å²) in [6.45, 7) is 0. The van der Waals surface area contributed by atoms with Crippen molar-refractivity contribution in [2.24, 2.45) is 0 Å². The summed E-state index contributed by atoms with van der Waals surface area (Å²) in [7, 11) is 0. The van der Waals surface area contributed by atoms with E-state index in [0.717, 1.165) is 5.56 Å². The standard InChI is InChI=1S/C11H8ClN3O2/c12-9-3-1-8(2-4-9)5-10(11(16)17)15-7-13-6-14-15/h1-7H,(H,16,17)/b10-5+. The van der Waals surface area contributed by atoms with Crippen molar-refractivity contribution >= 4 is 29.3 Å². The second-order valence-electron chi connectivity index (χ2n) is 3.23. The monoisotopic (exact) mass is 249 g/mol. The van der Waals surface area contributed by atoms with Gasteiger partial charge in [0.25, 0.3) is 0 Å². The lowest BCUT2D eigenvalue weighted by atomic mass is 10.2. The second kappa shape index (κ2) is 4.80. The third kappa shape index (κ3) is 2.70. The molecule has 2 rings (SSSR count). The third-order valence-electron chi connectivity index (χ3n) is 2.06. The normalized spacial score (nSPS) is 11.5. The molecule has 0 saturated carbocycles. The molecule has 1 aromatic heterocycles. The summed E-state index contributed by atoms with van der Waals surface area (Å²) in [5.74, 6) is -1.08. The highest BCUT2D eigenvalue weighted by Gasteiger charge is 2.10. The van der Waals surface area contributed by atoms with Gasteiger partial charge in [0.2, 0.25) is 0 Å². The molecule has 0 atom stereocenters. The molecule has 5 nitrogen and oxygen atoms in total. The van der Waals surface area contributed by atoms with Gasteiger partial charge in [-0.1, -0.05) is 23.7 Å². The van der Waals surface area contributed by atoms with Crippen molar-refractivity contribution in [2.75, 3.05) is 0 Å². The molecule has 2 aromatic rings. The Bertz CT molecular complexity index is 547. The van der Waals surface area contributed by atoms with Gasteiger partial charge in [0.1, 0.15) is 12.7 Å². The number of nitrogens with zero attached hydrogens (tertiary/aromatic N) is 3. The van der Waals surface area contributed by atoms with Gasteiger partial charge in [-0.05, 0) is 23.8 Å². The number of carbonyl (C=O) groups is 1. The van der Waals surface area contributed by atoms with E-state index in [0.29, 0.717) is 5.02 Å². The molecule has 6 heteroatoms. The highest BCUT2D eigenvalue weighted by Crippen LogP contribution is 2.14. The van der Waals surface area contributed by atoms with E-state index in [9.17, 15) is 4.79 Å². The van der Waals surface area contributed by atoms with Crippen LogP contribution in [0, 0.1) is 0 Å². The van der Waals surface area contributed by atoms with Crippen LogP contribution in [0.4, 0.5) is 0 Å². The van der Waals surface area contributed by atoms with E-state index in [2.05, 4.69) is 10.1 Å². The average Bonchev–Trinajstić information content (AvgIpc) is 2.81. The Morgan fingerprint density at radius 2 is 2.06 bits per heavy atom. The predicted octanol–water partition coefficient (Wildman–Crippen LogP) is 2.01. The maximum absolute atomic E-state index is 11.1. The van der Waals surface area contributed by atoms with E-state index in [1.165, 1.54) is 23.4 Å². The van der Waals surface area contributed by atoms with Gasteiger partial charge in [0.15, 0.2) is 5.70 Å². The van der Waals surface area contributed by atoms with Crippen LogP contribution in [0.5, 0.6) is 0 Å². The van der Waals surface area contributed by atoms with E-state index in [1.54, 1.807) is 24.3 Å². The SMILES string of the molecule is O=C(O)/C(=C\c1ccc(Cl)cc1)n1cncn1. The first-order chi connectivity index (χ1) is 8.16. The first-order valence-corrected chi connectivity index (χ1v) is 5.10. The van der Waals surface area contributed by atoms with Crippen molar-refractivity contribution in [1.82, 2.24) is 14.8 Å². The van der Waals surface area contributed by atoms with Gasteiger partial charge >= 0.3 is 5.97 Å². The molecule has 0 saturated heterocycles. The van der Waals surface area contributed by atoms with Gasteiger partial charge < -0.3 is 5.11 Å². The molecule has 0 aliphatic heterocycles. The lowest BCUT2D eigenvalue weighted by molar-refractivity contribution is -0.130. The number of carboxylic acid groups (broad SMARTS) is 1. The maximum atomic E-state index is 11.1. The summed E-state index contributed by atoms with van der Waals surface area (Å²) in [5, 5.41) is 13.5. The van der Waals surface area contributed by atoms with E-state index >= 15 is 0 Å². The molecule has 17 heavy (non-hydrogen) atoms. The minimum atomic E-state index is -1.08. The van der Waals surface area contributed by atoms with Gasteiger partial charge in [0, 0.05) is 5.02 Å². The summed E-state index contributed by atoms with van der Waals surface area (Å²) >= 11 is 5.75. The summed E-state index contributed by atoms with van der Waals surface area (Å²) in [4.78, 5) is 14.8. The van der Waals surface area contributed by atoms with Crippen molar-refractivity contribution in [3.8, 4) is 0 Å². The molecule has 86 valence electrons. The Labute approximate surface area is 102 Å². The fourth-order valence-electron chi connectivity index (χ4n) is 1.28. The van der Waals surface area contributed by atoms with Crippen LogP contribution in [0.2, 0.25) is 5.02 Å². The topological polar surface area (TPSA) is 68.0 Å². The first-order valence-electron chi connectivity index (χ1n) is 4.72. The Morgan fingerprint density at radius 3 is 2.59 bits per heavy atom. The van der Waals surface area contributed by atoms with Crippen LogP contribution < -0.4 is 0 Å². The Hall–Kier alpha value is -2.14. The molecule has 1 heterocycles. The molecule has 0 spiro atoms. The zero-order chi connectivity index (χ0) is 12.3. The number of halogens is 1. The van der Waals surface area contributed by atoms with Crippen LogP contribution in [-0.4, -0.2) is 25.8 Å². The summed E-state index contributed by atoms with van der Waals surface area (Å²) in [6.07, 6.45) is 4.10. The molecule has 0 fully saturated rings. The highest BCUT2D eigenvalue weighted by molar-refractivity contribution is 6.30. The minimum absolute atomic E-state index is 0.0184. The Kier molecular flexibility index (Phi) is 3.20. The van der Waals surface area contributed by atoms with Crippen LogP contribution in [0.3, 0.4) is 0 Å². The first kappa shape index (κ1) is 11.3. The summed E-state index contributed by atoms with van der Waals surface area (Å²) < 4.78 is 1.19. The molecule has 0 aliphatic carbocycles. The fraction of sp³-hybridized carbons (Fsp3) is 0. The van der Waals surface area contributed by atoms with Crippen LogP contribution in [-0.2, 0) is 4.79 Å². The highest BCUT2D eigenvalue weighted by atomic mass is 35.5. The van der Waals surface area contributed by atoms with Crippen molar-refractivity contribution in [2.45, 2.75) is 0 Å². The third-order valence-corrected chi connectivity index (χ3v) is 2.31. The van der Waals surface area contributed by atoms with Crippen molar-refractivity contribution in [3.05, 3.63) is 47.5 Å². The molecule has 1 aromatic carbocycles. The van der Waals surface area contributed by atoms with Crippen LogP contribution in [0.25, 0.3) is 11.8 Å². The van der Waals surface area contributed by atoms with Gasteiger partial charge in [-0.15, -0.1) is 0 Å². The van der Waals surface area contributed by atoms with Crippen molar-refractivity contribution in [3.63, 3.8) is 0 Å². The number of aliphatic carboxylic acids is 1. The molecule has 0 bridgehead atoms. The van der Waals surface area contributed by atoms with Gasteiger partial charge in [-0.25, -0.2) is 14.5 Å². The molecular formula is C11H8ClN3O2. The number of hydrogen-bond acceptors (Lipinski definition) is 3. The molecule has 0 aliphatic rings. The fourth-order valence-corrected chi connectivity index (χ4v) is 1.40. The zero-order valence-electron chi connectivity index (χ0n) is 8.62. The van der Waals surface area contributed by atoms with Gasteiger partial charge in [-0.3, -0.25) is 0 Å². The number of hydrogen-bond donors (Lipinski definition) is 1. The number of rotatable bonds is 3. The van der Waals surface area contributed by atoms with Gasteiger partial charge in [0.05, 0.1) is 0 Å². The second-order valence-corrected chi connectivity index (χ2v) is 3.66. The zero-order valence-corrected chi connectivity index (χ0v) is 9.37. The Morgan fingerprint density at radius 1 is 1.35 bits per heavy atom. The molecule has 0 unspecified atom stereocenters. The lowest BCUT2D eigenvalue weighted by Gasteiger charge is -2.01. The van der Waals surface area contributed by atoms with Crippen LogP contribution in [0.1, 0.15) is 5.56 Å². The predicted molar refractivity (Wildman–Crippen MR) is 63.3 cm³/mol. The quantitative estimate of drug-likeness (QED) is 0.845. The van der Waals surface area contributed by atoms with E-state index in [-0.39, 0.29) is 5.70 Å². The largest absolute Gasteiger partial charge is 0.477 e. The molecular weight excluding hydrogens is 242 g/mol. The summed E-state index contributed by atoms with van der Waals surface area (Å²) in [5.41, 5.74) is 0.743. The number of carboxylic acids is 1. The molecule has 1 N–H and O–H groups in total. The molecule has 0 amide bonds. The Balaban J connectivity index is 2.40.